The highest BCUT2D eigenvalue weighted by Crippen LogP contribution is 2.36. The van der Waals surface area contributed by atoms with Crippen molar-refractivity contribution >= 4 is 23.1 Å². The first-order valence-corrected chi connectivity index (χ1v) is 9.90. The van der Waals surface area contributed by atoms with Crippen molar-refractivity contribution < 1.29 is 18.7 Å². The number of nitrogens with one attached hydrogen (secondary N) is 1. The van der Waals surface area contributed by atoms with Gasteiger partial charge in [-0.15, -0.1) is 0 Å². The van der Waals surface area contributed by atoms with E-state index in [1.807, 2.05) is 0 Å². The average molecular weight is 436 g/mol. The molecule has 0 saturated carbocycles. The van der Waals surface area contributed by atoms with Gasteiger partial charge in [-0.2, -0.15) is 0 Å². The van der Waals surface area contributed by atoms with Crippen molar-refractivity contribution in [1.82, 2.24) is 19.4 Å². The smallest absolute Gasteiger partial charge is 0.412 e. The third-order valence-corrected chi connectivity index (χ3v) is 4.54. The Morgan fingerprint density at radius 3 is 2.69 bits per heavy atom. The first-order valence-electron chi connectivity index (χ1n) is 9.90. The predicted molar refractivity (Wildman–Crippen MR) is 119 cm³/mol. The summed E-state index contributed by atoms with van der Waals surface area (Å²) in [6.45, 7) is 7.14. The molecule has 3 heterocycles. The fraction of sp³-hybridized carbons (Fsp3) is 0.273. The summed E-state index contributed by atoms with van der Waals surface area (Å²) >= 11 is 0. The molecule has 166 valence electrons. The molecule has 3 N–H and O–H groups in total. The molecular formula is C22H24N6O4. The van der Waals surface area contributed by atoms with Gasteiger partial charge in [0.25, 0.3) is 0 Å². The summed E-state index contributed by atoms with van der Waals surface area (Å²) < 4.78 is 18.3. The predicted octanol–water partition coefficient (Wildman–Crippen LogP) is 4.30. The van der Waals surface area contributed by atoms with E-state index in [0.717, 1.165) is 5.56 Å². The van der Waals surface area contributed by atoms with Gasteiger partial charge in [0.2, 0.25) is 0 Å². The number of rotatable bonds is 4. The fourth-order valence-corrected chi connectivity index (χ4v) is 3.26. The number of aromatic nitrogens is 4. The van der Waals surface area contributed by atoms with Gasteiger partial charge in [0.1, 0.15) is 28.4 Å². The molecule has 10 heteroatoms. The number of benzene rings is 1. The Morgan fingerprint density at radius 1 is 1.25 bits per heavy atom. The summed E-state index contributed by atoms with van der Waals surface area (Å²) in [4.78, 5) is 25.3. The van der Waals surface area contributed by atoms with Crippen molar-refractivity contribution in [1.29, 1.82) is 0 Å². The summed E-state index contributed by atoms with van der Waals surface area (Å²) in [7, 11) is 1.52. The second-order valence-corrected chi connectivity index (χ2v) is 8.10. The Kier molecular flexibility index (Phi) is 5.21. The van der Waals surface area contributed by atoms with Crippen LogP contribution < -0.4 is 15.8 Å². The minimum atomic E-state index is -0.618. The number of anilines is 2. The van der Waals surface area contributed by atoms with Gasteiger partial charge in [-0.05, 0) is 32.9 Å². The number of fused-ring (bicyclic) bond motifs is 1. The first-order chi connectivity index (χ1) is 15.2. The molecule has 0 atom stereocenters. The number of hydrogen-bond donors (Lipinski definition) is 2. The highest BCUT2D eigenvalue weighted by molar-refractivity contribution is 5.91. The molecule has 3 aromatic heterocycles. The normalized spacial score (nSPS) is 11.5. The summed E-state index contributed by atoms with van der Waals surface area (Å²) in [5.41, 5.74) is 7.96. The van der Waals surface area contributed by atoms with Crippen LogP contribution >= 0.6 is 0 Å². The third kappa shape index (κ3) is 4.07. The minimum Gasteiger partial charge on any atom is -0.495 e. The number of methoxy groups -OCH3 is 1. The zero-order valence-electron chi connectivity index (χ0n) is 18.5. The second kappa shape index (κ2) is 7.88. The molecule has 1 aromatic carbocycles. The van der Waals surface area contributed by atoms with Gasteiger partial charge in [-0.3, -0.25) is 9.72 Å². The van der Waals surface area contributed by atoms with E-state index in [2.05, 4.69) is 15.3 Å². The standard InChI is InChI=1S/C22H24N6O4/c1-12-25-11-16(31-12)20-27-17(18-19(23)24-8-9-28(18)20)13-6-7-14(15(10-13)30-5)26-21(29)32-22(2,3)4/h6-11H,1-5H3,(H2,23,24)(H,26,29). The van der Waals surface area contributed by atoms with Crippen LogP contribution in [0.4, 0.5) is 16.3 Å². The lowest BCUT2D eigenvalue weighted by Gasteiger charge is -2.20. The Balaban J connectivity index is 1.78. The third-order valence-electron chi connectivity index (χ3n) is 4.54. The van der Waals surface area contributed by atoms with Crippen molar-refractivity contribution in [3.05, 3.63) is 42.7 Å². The largest absolute Gasteiger partial charge is 0.495 e. The second-order valence-electron chi connectivity index (χ2n) is 8.10. The van der Waals surface area contributed by atoms with Crippen molar-refractivity contribution in [2.75, 3.05) is 18.2 Å². The van der Waals surface area contributed by atoms with Crippen LogP contribution in [0.1, 0.15) is 26.7 Å². The van der Waals surface area contributed by atoms with Gasteiger partial charge >= 0.3 is 6.09 Å². The Morgan fingerprint density at radius 2 is 2.03 bits per heavy atom. The van der Waals surface area contributed by atoms with E-state index < -0.39 is 11.7 Å². The first kappa shape index (κ1) is 21.2. The number of imidazole rings is 1. The van der Waals surface area contributed by atoms with Crippen LogP contribution in [0.5, 0.6) is 5.75 Å². The molecule has 0 spiro atoms. The number of carbonyl (C=O) groups excluding carboxylic acids is 1. The molecule has 10 nitrogen and oxygen atoms in total. The van der Waals surface area contributed by atoms with Gasteiger partial charge in [-0.1, -0.05) is 6.07 Å². The van der Waals surface area contributed by atoms with E-state index >= 15 is 0 Å². The lowest BCUT2D eigenvalue weighted by atomic mass is 10.1. The van der Waals surface area contributed by atoms with E-state index in [1.165, 1.54) is 7.11 Å². The van der Waals surface area contributed by atoms with Gasteiger partial charge in [0, 0.05) is 24.9 Å². The highest BCUT2D eigenvalue weighted by Gasteiger charge is 2.21. The van der Waals surface area contributed by atoms with Gasteiger partial charge in [0.05, 0.1) is 19.0 Å². The van der Waals surface area contributed by atoms with Gasteiger partial charge < -0.3 is 19.6 Å². The zero-order chi connectivity index (χ0) is 23.0. The van der Waals surface area contributed by atoms with E-state index in [9.17, 15) is 4.79 Å². The number of nitrogens with two attached hydrogens (primary N) is 1. The molecule has 0 bridgehead atoms. The number of oxazole rings is 1. The van der Waals surface area contributed by atoms with Crippen LogP contribution in [0.15, 0.2) is 41.2 Å². The molecule has 4 aromatic rings. The molecule has 0 fully saturated rings. The van der Waals surface area contributed by atoms with Crippen molar-refractivity contribution in [3.63, 3.8) is 0 Å². The molecule has 0 aliphatic heterocycles. The average Bonchev–Trinajstić information content (AvgIpc) is 3.31. The molecule has 4 rings (SSSR count). The van der Waals surface area contributed by atoms with Crippen LogP contribution in [0.2, 0.25) is 0 Å². The van der Waals surface area contributed by atoms with Crippen LogP contribution in [-0.2, 0) is 4.74 Å². The van der Waals surface area contributed by atoms with Crippen LogP contribution in [0, 0.1) is 6.92 Å². The van der Waals surface area contributed by atoms with Crippen LogP contribution in [0.3, 0.4) is 0 Å². The van der Waals surface area contributed by atoms with Crippen molar-refractivity contribution in [3.8, 4) is 28.6 Å². The number of nitrogen functional groups attached to an aromatic ring is 1. The Hall–Kier alpha value is -4.08. The van der Waals surface area contributed by atoms with Gasteiger partial charge in [0.15, 0.2) is 17.5 Å². The lowest BCUT2D eigenvalue weighted by molar-refractivity contribution is 0.0635. The number of ether oxygens (including phenoxy) is 2. The number of amides is 1. The molecular weight excluding hydrogens is 412 g/mol. The SMILES string of the molecule is COc1cc(-c2nc(-c3cnc(C)o3)n3ccnc(N)c23)ccc1NC(=O)OC(C)(C)C. The molecule has 0 aliphatic carbocycles. The van der Waals surface area contributed by atoms with E-state index in [1.54, 1.807) is 68.9 Å². The minimum absolute atomic E-state index is 0.312. The maximum Gasteiger partial charge on any atom is 0.412 e. The lowest BCUT2D eigenvalue weighted by Crippen LogP contribution is -2.27. The zero-order valence-corrected chi connectivity index (χ0v) is 18.5. The molecule has 0 radical (unpaired) electrons. The summed E-state index contributed by atoms with van der Waals surface area (Å²) in [5, 5.41) is 2.71. The summed E-state index contributed by atoms with van der Waals surface area (Å²) in [6, 6.07) is 5.28. The summed E-state index contributed by atoms with van der Waals surface area (Å²) in [6.07, 6.45) is 4.38. The van der Waals surface area contributed by atoms with Gasteiger partial charge in [-0.25, -0.2) is 19.7 Å². The molecule has 32 heavy (non-hydrogen) atoms. The Labute approximate surface area is 184 Å². The van der Waals surface area contributed by atoms with Crippen molar-refractivity contribution in [2.45, 2.75) is 33.3 Å². The van der Waals surface area contributed by atoms with E-state index in [4.69, 9.17) is 24.6 Å². The number of aryl methyl sites for hydroxylation is 1. The molecule has 0 unspecified atom stereocenters. The van der Waals surface area contributed by atoms with Crippen LogP contribution in [-0.4, -0.2) is 38.2 Å². The summed E-state index contributed by atoms with van der Waals surface area (Å²) in [5.74, 6) is 2.32. The molecule has 1 amide bonds. The van der Waals surface area contributed by atoms with E-state index in [0.29, 0.717) is 45.9 Å². The molecule has 0 saturated heterocycles. The van der Waals surface area contributed by atoms with Crippen LogP contribution in [0.25, 0.3) is 28.4 Å². The highest BCUT2D eigenvalue weighted by atomic mass is 16.6. The topological polar surface area (TPSA) is 130 Å². The number of hydrogen-bond acceptors (Lipinski definition) is 8. The number of nitrogens with zero attached hydrogens (tertiary/aromatic N) is 4. The van der Waals surface area contributed by atoms with Crippen molar-refractivity contribution in [2.24, 2.45) is 0 Å². The quantitative estimate of drug-likeness (QED) is 0.484. The van der Waals surface area contributed by atoms with E-state index in [-0.39, 0.29) is 0 Å². The monoisotopic (exact) mass is 436 g/mol. The number of carbonyl (C=O) groups is 1. The molecule has 0 aliphatic rings. The maximum atomic E-state index is 12.2. The maximum absolute atomic E-state index is 12.2. The Bertz CT molecular complexity index is 1300. The fourth-order valence-electron chi connectivity index (χ4n) is 3.26.